The lowest BCUT2D eigenvalue weighted by Gasteiger charge is -2.01. The Morgan fingerprint density at radius 1 is 1.45 bits per heavy atom. The third-order valence-corrected chi connectivity index (χ3v) is 3.18. The lowest BCUT2D eigenvalue weighted by atomic mass is 10.1. The van der Waals surface area contributed by atoms with E-state index in [1.807, 2.05) is 6.07 Å². The van der Waals surface area contributed by atoms with Gasteiger partial charge in [-0.2, -0.15) is 4.37 Å². The number of nitrogens with zero attached hydrogens (tertiary/aromatic N) is 1. The number of hydrogen-bond donors (Lipinski definition) is 0. The quantitative estimate of drug-likeness (QED) is 0.656. The monoisotopic (exact) mass is 187 g/mol. The first kappa shape index (κ1) is 7.56. The first-order valence-corrected chi connectivity index (χ1v) is 5.13. The molecule has 0 aliphatic heterocycles. The fraction of sp³-hybridized carbons (Fsp3) is 0.625. The molecule has 0 aromatic carbocycles. The van der Waals surface area contributed by atoms with Crippen LogP contribution in [0.3, 0.4) is 0 Å². The van der Waals surface area contributed by atoms with Gasteiger partial charge in [0.2, 0.25) is 0 Å². The third-order valence-electron chi connectivity index (χ3n) is 2.27. The second kappa shape index (κ2) is 3.11. The van der Waals surface area contributed by atoms with E-state index in [0.717, 1.165) is 4.34 Å². The average Bonchev–Trinajstić information content (AvgIpc) is 2.55. The van der Waals surface area contributed by atoms with Crippen molar-refractivity contribution in [2.45, 2.75) is 31.6 Å². The van der Waals surface area contributed by atoms with Gasteiger partial charge >= 0.3 is 0 Å². The Bertz CT molecular complexity index is 240. The zero-order valence-corrected chi connectivity index (χ0v) is 7.79. The minimum atomic E-state index is 0.707. The Labute approximate surface area is 75.6 Å². The van der Waals surface area contributed by atoms with Crippen molar-refractivity contribution < 1.29 is 0 Å². The van der Waals surface area contributed by atoms with Crippen molar-refractivity contribution in [1.29, 1.82) is 0 Å². The summed E-state index contributed by atoms with van der Waals surface area (Å²) in [5, 5.41) is 0. The Balaban J connectivity index is 2.15. The summed E-state index contributed by atoms with van der Waals surface area (Å²) >= 11 is 7.20. The Morgan fingerprint density at radius 2 is 2.18 bits per heavy atom. The molecule has 1 nitrogen and oxygen atoms in total. The molecule has 0 spiro atoms. The second-order valence-electron chi connectivity index (χ2n) is 3.04. The summed E-state index contributed by atoms with van der Waals surface area (Å²) in [4.78, 5) is 0. The molecule has 1 saturated carbocycles. The van der Waals surface area contributed by atoms with E-state index in [0.29, 0.717) is 5.92 Å². The van der Waals surface area contributed by atoms with E-state index >= 15 is 0 Å². The zero-order chi connectivity index (χ0) is 7.68. The molecule has 2 rings (SSSR count). The van der Waals surface area contributed by atoms with Crippen molar-refractivity contribution in [3.63, 3.8) is 0 Å². The summed E-state index contributed by atoms with van der Waals surface area (Å²) < 4.78 is 5.13. The van der Waals surface area contributed by atoms with Crippen LogP contribution in [0.15, 0.2) is 6.07 Å². The minimum Gasteiger partial charge on any atom is -0.196 e. The van der Waals surface area contributed by atoms with Crippen LogP contribution in [-0.4, -0.2) is 4.37 Å². The van der Waals surface area contributed by atoms with E-state index in [9.17, 15) is 0 Å². The highest BCUT2D eigenvalue weighted by atomic mass is 35.5. The summed E-state index contributed by atoms with van der Waals surface area (Å²) in [5.74, 6) is 0.707. The molecule has 0 amide bonds. The molecule has 1 aliphatic rings. The number of rotatable bonds is 1. The smallest absolute Gasteiger partial charge is 0.114 e. The minimum absolute atomic E-state index is 0.707. The van der Waals surface area contributed by atoms with Crippen LogP contribution in [-0.2, 0) is 0 Å². The van der Waals surface area contributed by atoms with Gasteiger partial charge in [-0.25, -0.2) is 0 Å². The van der Waals surface area contributed by atoms with Crippen molar-refractivity contribution in [1.82, 2.24) is 4.37 Å². The molecular weight excluding hydrogens is 178 g/mol. The molecule has 1 fully saturated rings. The lowest BCUT2D eigenvalue weighted by molar-refractivity contribution is 0.707. The highest BCUT2D eigenvalue weighted by Gasteiger charge is 2.19. The van der Waals surface area contributed by atoms with Crippen molar-refractivity contribution >= 4 is 23.1 Å². The van der Waals surface area contributed by atoms with Gasteiger partial charge in [-0.05, 0) is 30.4 Å². The Morgan fingerprint density at radius 3 is 2.73 bits per heavy atom. The molecule has 0 bridgehead atoms. The van der Waals surface area contributed by atoms with Crippen molar-refractivity contribution in [3.05, 3.63) is 16.1 Å². The van der Waals surface area contributed by atoms with Crippen molar-refractivity contribution in [2.75, 3.05) is 0 Å². The number of aromatic nitrogens is 1. The number of hydrogen-bond acceptors (Lipinski definition) is 2. The summed E-state index contributed by atoms with van der Waals surface area (Å²) in [6.45, 7) is 0. The van der Waals surface area contributed by atoms with E-state index in [1.54, 1.807) is 0 Å². The average molecular weight is 188 g/mol. The highest BCUT2D eigenvalue weighted by Crippen LogP contribution is 2.35. The molecule has 1 heterocycles. The van der Waals surface area contributed by atoms with Crippen LogP contribution in [0.1, 0.15) is 37.3 Å². The predicted octanol–water partition coefficient (Wildman–Crippen LogP) is 3.45. The van der Waals surface area contributed by atoms with Crippen LogP contribution < -0.4 is 0 Å². The predicted molar refractivity (Wildman–Crippen MR) is 48.3 cm³/mol. The molecule has 1 aromatic rings. The Hall–Kier alpha value is -0.0800. The fourth-order valence-electron chi connectivity index (χ4n) is 1.68. The molecule has 11 heavy (non-hydrogen) atoms. The molecule has 0 atom stereocenters. The summed E-state index contributed by atoms with van der Waals surface area (Å²) in [6, 6.07) is 2.02. The molecule has 60 valence electrons. The maximum absolute atomic E-state index is 5.79. The molecule has 0 unspecified atom stereocenters. The molecule has 3 heteroatoms. The summed E-state index contributed by atoms with van der Waals surface area (Å²) in [7, 11) is 0. The highest BCUT2D eigenvalue weighted by molar-refractivity contribution is 7.10. The van der Waals surface area contributed by atoms with Gasteiger partial charge in [0, 0.05) is 5.92 Å². The van der Waals surface area contributed by atoms with E-state index in [-0.39, 0.29) is 0 Å². The number of halogens is 1. The van der Waals surface area contributed by atoms with Gasteiger partial charge in [0.15, 0.2) is 0 Å². The van der Waals surface area contributed by atoms with E-state index < -0.39 is 0 Å². The summed E-state index contributed by atoms with van der Waals surface area (Å²) in [6.07, 6.45) is 5.33. The maximum atomic E-state index is 5.79. The normalized spacial score (nSPS) is 19.4. The van der Waals surface area contributed by atoms with Crippen LogP contribution in [0, 0.1) is 0 Å². The van der Waals surface area contributed by atoms with E-state index in [1.165, 1.54) is 42.9 Å². The van der Waals surface area contributed by atoms with Crippen molar-refractivity contribution in [3.8, 4) is 0 Å². The van der Waals surface area contributed by atoms with Crippen LogP contribution in [0.4, 0.5) is 0 Å². The summed E-state index contributed by atoms with van der Waals surface area (Å²) in [5.41, 5.74) is 1.22. The molecule has 1 aromatic heterocycles. The van der Waals surface area contributed by atoms with Gasteiger partial charge in [0.25, 0.3) is 0 Å². The topological polar surface area (TPSA) is 12.9 Å². The molecule has 1 aliphatic carbocycles. The molecule has 0 N–H and O–H groups in total. The first-order valence-electron chi connectivity index (χ1n) is 3.98. The third kappa shape index (κ3) is 1.57. The van der Waals surface area contributed by atoms with Gasteiger partial charge in [0.1, 0.15) is 4.34 Å². The Kier molecular flexibility index (Phi) is 2.14. The van der Waals surface area contributed by atoms with Gasteiger partial charge in [-0.1, -0.05) is 24.4 Å². The van der Waals surface area contributed by atoms with Gasteiger partial charge in [-0.3, -0.25) is 0 Å². The van der Waals surface area contributed by atoms with Crippen LogP contribution in [0.2, 0.25) is 4.34 Å². The van der Waals surface area contributed by atoms with Crippen LogP contribution in [0.5, 0.6) is 0 Å². The zero-order valence-electron chi connectivity index (χ0n) is 6.22. The van der Waals surface area contributed by atoms with Crippen LogP contribution >= 0.6 is 23.1 Å². The first-order chi connectivity index (χ1) is 5.36. The largest absolute Gasteiger partial charge is 0.196 e. The molecule has 0 radical (unpaired) electrons. The molecular formula is C8H10ClNS. The fourth-order valence-corrected chi connectivity index (χ4v) is 2.46. The van der Waals surface area contributed by atoms with Crippen molar-refractivity contribution in [2.24, 2.45) is 0 Å². The van der Waals surface area contributed by atoms with E-state index in [4.69, 9.17) is 11.6 Å². The lowest BCUT2D eigenvalue weighted by Crippen LogP contribution is -1.90. The van der Waals surface area contributed by atoms with Crippen LogP contribution in [0.25, 0.3) is 0 Å². The molecule has 0 saturated heterocycles. The standard InChI is InChI=1S/C8H10ClNS/c9-8-5-7(10-11-8)6-3-1-2-4-6/h5-6H,1-4H2. The van der Waals surface area contributed by atoms with Gasteiger partial charge < -0.3 is 0 Å². The van der Waals surface area contributed by atoms with Gasteiger partial charge in [0.05, 0.1) is 5.69 Å². The van der Waals surface area contributed by atoms with E-state index in [2.05, 4.69) is 4.37 Å². The second-order valence-corrected chi connectivity index (χ2v) is 4.47. The SMILES string of the molecule is Clc1cc(C2CCCC2)ns1. The van der Waals surface area contributed by atoms with Gasteiger partial charge in [-0.15, -0.1) is 0 Å². The maximum Gasteiger partial charge on any atom is 0.114 e.